The Morgan fingerprint density at radius 3 is 2.72 bits per heavy atom. The van der Waals surface area contributed by atoms with Crippen molar-refractivity contribution in [3.05, 3.63) is 60.2 Å². The van der Waals surface area contributed by atoms with Gasteiger partial charge < -0.3 is 10.1 Å². The number of benzene rings is 2. The number of fused-ring (bicyclic) bond motifs is 1. The average molecular weight is 392 g/mol. The minimum absolute atomic E-state index is 0.301. The monoisotopic (exact) mass is 392 g/mol. The van der Waals surface area contributed by atoms with Gasteiger partial charge >= 0.3 is 12.0 Å². The van der Waals surface area contributed by atoms with E-state index in [1.54, 1.807) is 6.92 Å². The van der Waals surface area contributed by atoms with Crippen LogP contribution in [0.3, 0.4) is 0 Å². The second-order valence-electron chi connectivity index (χ2n) is 7.84. The maximum Gasteiger partial charge on any atom is 0.326 e. The summed E-state index contributed by atoms with van der Waals surface area (Å²) in [5.41, 5.74) is -0.533. The summed E-state index contributed by atoms with van der Waals surface area (Å²) in [5.74, 6) is -0.712. The van der Waals surface area contributed by atoms with E-state index in [4.69, 9.17) is 4.74 Å². The predicted octanol–water partition coefficient (Wildman–Crippen LogP) is 3.51. The van der Waals surface area contributed by atoms with Crippen molar-refractivity contribution in [2.24, 2.45) is 5.92 Å². The molecule has 0 saturated carbocycles. The number of rotatable bonds is 5. The van der Waals surface area contributed by atoms with Crippen LogP contribution in [0.15, 0.2) is 54.6 Å². The Bertz CT molecular complexity index is 999. The molecular formula is C23H24N2O4. The molecule has 150 valence electrons. The zero-order chi connectivity index (χ0) is 20.4. The van der Waals surface area contributed by atoms with Gasteiger partial charge in [0.25, 0.3) is 5.91 Å². The van der Waals surface area contributed by atoms with Crippen molar-refractivity contribution < 1.29 is 19.1 Å². The topological polar surface area (TPSA) is 75.7 Å². The molecular weight excluding hydrogens is 368 g/mol. The standard InChI is InChI=1S/C23H24N2O4/c1-23(19-12-11-17-9-5-6-10-18(17)13-19)21(27)25(22(28)24-23)14-20(26)29-15-16-7-3-2-4-8-16/h2-3,5-6,9-13,16H,4,7-8,14-15H2,1H3,(H,24,28). The molecule has 1 saturated heterocycles. The van der Waals surface area contributed by atoms with E-state index in [9.17, 15) is 14.4 Å². The molecule has 1 heterocycles. The fraction of sp³-hybridized carbons (Fsp3) is 0.348. The van der Waals surface area contributed by atoms with E-state index in [0.717, 1.165) is 34.9 Å². The lowest BCUT2D eigenvalue weighted by Crippen LogP contribution is -2.41. The summed E-state index contributed by atoms with van der Waals surface area (Å²) in [6.45, 7) is 1.60. The van der Waals surface area contributed by atoms with Crippen molar-refractivity contribution in [2.75, 3.05) is 13.2 Å². The van der Waals surface area contributed by atoms with E-state index in [1.807, 2.05) is 42.5 Å². The molecule has 1 N–H and O–H groups in total. The van der Waals surface area contributed by atoms with E-state index in [1.165, 1.54) is 0 Å². The molecule has 0 aromatic heterocycles. The summed E-state index contributed by atoms with van der Waals surface area (Å²) in [5, 5.41) is 4.77. The van der Waals surface area contributed by atoms with Crippen LogP contribution in [0, 0.1) is 5.92 Å². The van der Waals surface area contributed by atoms with Gasteiger partial charge in [-0.05, 0) is 54.5 Å². The van der Waals surface area contributed by atoms with Gasteiger partial charge in [-0.2, -0.15) is 0 Å². The highest BCUT2D eigenvalue weighted by atomic mass is 16.5. The summed E-state index contributed by atoms with van der Waals surface area (Å²) < 4.78 is 5.32. The van der Waals surface area contributed by atoms with Crippen molar-refractivity contribution in [3.8, 4) is 0 Å². The average Bonchev–Trinajstić information content (AvgIpc) is 2.96. The fourth-order valence-corrected chi connectivity index (χ4v) is 3.93. The highest BCUT2D eigenvalue weighted by molar-refractivity contribution is 6.09. The molecule has 1 aliphatic carbocycles. The number of hydrogen-bond acceptors (Lipinski definition) is 4. The zero-order valence-corrected chi connectivity index (χ0v) is 16.4. The number of carbonyl (C=O) groups excluding carboxylic acids is 3. The maximum absolute atomic E-state index is 13.0. The minimum Gasteiger partial charge on any atom is -0.464 e. The van der Waals surface area contributed by atoms with Crippen LogP contribution in [-0.4, -0.2) is 36.0 Å². The smallest absolute Gasteiger partial charge is 0.326 e. The molecule has 2 aromatic carbocycles. The van der Waals surface area contributed by atoms with Crippen LogP contribution in [-0.2, 0) is 19.9 Å². The van der Waals surface area contributed by atoms with Crippen LogP contribution >= 0.6 is 0 Å². The van der Waals surface area contributed by atoms with Gasteiger partial charge in [-0.3, -0.25) is 14.5 Å². The number of carbonyl (C=O) groups is 3. The van der Waals surface area contributed by atoms with Gasteiger partial charge in [-0.15, -0.1) is 0 Å². The largest absolute Gasteiger partial charge is 0.464 e. The van der Waals surface area contributed by atoms with Gasteiger partial charge in [0.15, 0.2) is 0 Å². The van der Waals surface area contributed by atoms with Gasteiger partial charge in [0, 0.05) is 0 Å². The highest BCUT2D eigenvalue weighted by Gasteiger charge is 2.49. The first-order valence-electron chi connectivity index (χ1n) is 9.91. The van der Waals surface area contributed by atoms with E-state index in [2.05, 4.69) is 17.5 Å². The molecule has 2 atom stereocenters. The first kappa shape index (κ1) is 19.2. The third-order valence-electron chi connectivity index (χ3n) is 5.75. The van der Waals surface area contributed by atoms with E-state index in [0.29, 0.717) is 18.1 Å². The maximum atomic E-state index is 13.0. The third-order valence-corrected chi connectivity index (χ3v) is 5.75. The Balaban J connectivity index is 1.45. The molecule has 6 heteroatoms. The van der Waals surface area contributed by atoms with E-state index >= 15 is 0 Å². The second-order valence-corrected chi connectivity index (χ2v) is 7.84. The molecule has 2 aromatic rings. The Labute approximate surface area is 169 Å². The van der Waals surface area contributed by atoms with Crippen molar-refractivity contribution in [2.45, 2.75) is 31.7 Å². The summed E-state index contributed by atoms with van der Waals surface area (Å²) in [6, 6.07) is 12.9. The summed E-state index contributed by atoms with van der Waals surface area (Å²) in [6.07, 6.45) is 7.07. The van der Waals surface area contributed by atoms with E-state index in [-0.39, 0.29) is 6.54 Å². The van der Waals surface area contributed by atoms with Crippen molar-refractivity contribution >= 4 is 28.7 Å². The Morgan fingerprint density at radius 1 is 1.17 bits per heavy atom. The number of urea groups is 1. The van der Waals surface area contributed by atoms with Gasteiger partial charge in [0.2, 0.25) is 0 Å². The zero-order valence-electron chi connectivity index (χ0n) is 16.4. The van der Waals surface area contributed by atoms with Crippen LogP contribution in [0.1, 0.15) is 31.7 Å². The lowest BCUT2D eigenvalue weighted by Gasteiger charge is -2.23. The molecule has 6 nitrogen and oxygen atoms in total. The third kappa shape index (κ3) is 3.75. The van der Waals surface area contributed by atoms with Gasteiger partial charge in [0.05, 0.1) is 6.61 Å². The van der Waals surface area contributed by atoms with Crippen molar-refractivity contribution in [1.29, 1.82) is 0 Å². The van der Waals surface area contributed by atoms with Crippen molar-refractivity contribution in [3.63, 3.8) is 0 Å². The first-order valence-corrected chi connectivity index (χ1v) is 9.91. The quantitative estimate of drug-likeness (QED) is 0.480. The van der Waals surface area contributed by atoms with Crippen LogP contribution in [0.2, 0.25) is 0 Å². The van der Waals surface area contributed by atoms with Gasteiger partial charge in [-0.1, -0.05) is 48.6 Å². The second kappa shape index (κ2) is 7.70. The number of nitrogens with zero attached hydrogens (tertiary/aromatic N) is 1. The van der Waals surface area contributed by atoms with Crippen LogP contribution in [0.5, 0.6) is 0 Å². The van der Waals surface area contributed by atoms with Crippen LogP contribution in [0.25, 0.3) is 10.8 Å². The molecule has 1 fully saturated rings. The summed E-state index contributed by atoms with van der Waals surface area (Å²) >= 11 is 0. The lowest BCUT2D eigenvalue weighted by atomic mass is 9.90. The van der Waals surface area contributed by atoms with Crippen molar-refractivity contribution in [1.82, 2.24) is 10.2 Å². The molecule has 2 aliphatic rings. The Kier molecular flexibility index (Phi) is 5.09. The number of allylic oxidation sites excluding steroid dienone is 2. The summed E-state index contributed by atoms with van der Waals surface area (Å²) in [7, 11) is 0. The number of esters is 1. The van der Waals surface area contributed by atoms with Gasteiger partial charge in [-0.25, -0.2) is 4.79 Å². The minimum atomic E-state index is -1.21. The number of hydrogen-bond donors (Lipinski definition) is 1. The molecule has 1 aliphatic heterocycles. The Hall–Kier alpha value is -3.15. The van der Waals surface area contributed by atoms with Gasteiger partial charge in [0.1, 0.15) is 12.1 Å². The summed E-state index contributed by atoms with van der Waals surface area (Å²) in [4.78, 5) is 38.7. The van der Waals surface area contributed by atoms with Crippen LogP contribution in [0.4, 0.5) is 4.79 Å². The molecule has 0 bridgehead atoms. The van der Waals surface area contributed by atoms with E-state index < -0.39 is 23.4 Å². The highest BCUT2D eigenvalue weighted by Crippen LogP contribution is 2.31. The lowest BCUT2D eigenvalue weighted by molar-refractivity contribution is -0.149. The number of amides is 3. The SMILES string of the molecule is CC1(c2ccc3ccccc3c2)NC(=O)N(CC(=O)OCC2CC=CCC2)C1=O. The number of nitrogens with one attached hydrogen (secondary N) is 1. The number of imide groups is 1. The fourth-order valence-electron chi connectivity index (χ4n) is 3.93. The molecule has 0 radical (unpaired) electrons. The predicted molar refractivity (Wildman–Crippen MR) is 109 cm³/mol. The first-order chi connectivity index (χ1) is 14.0. The Morgan fingerprint density at radius 2 is 1.97 bits per heavy atom. The molecule has 3 amide bonds. The molecule has 4 rings (SSSR count). The normalized spacial score (nSPS) is 24.0. The molecule has 2 unspecified atom stereocenters. The molecule has 0 spiro atoms. The van der Waals surface area contributed by atoms with Crippen LogP contribution < -0.4 is 5.32 Å². The molecule has 29 heavy (non-hydrogen) atoms. The number of ether oxygens (including phenoxy) is 1.